The van der Waals surface area contributed by atoms with Gasteiger partial charge >= 0.3 is 12.4 Å². The van der Waals surface area contributed by atoms with Crippen LogP contribution in [-0.2, 0) is 14.5 Å². The molecule has 0 spiro atoms. The molecule has 0 radical (unpaired) electrons. The Kier molecular flexibility index (Phi) is 6.99. The third-order valence-corrected chi connectivity index (χ3v) is 6.06. The van der Waals surface area contributed by atoms with Crippen LogP contribution in [0.4, 0.5) is 26.3 Å². The highest BCUT2D eigenvalue weighted by atomic mass is 80.0. The van der Waals surface area contributed by atoms with Gasteiger partial charge in [-0.3, -0.25) is 0 Å². The Balaban J connectivity index is 2.13. The van der Waals surface area contributed by atoms with Crippen LogP contribution in [0.5, 0.6) is 0 Å². The summed E-state index contributed by atoms with van der Waals surface area (Å²) in [4.78, 5) is 0. The molecule has 0 amide bonds. The smallest absolute Gasteiger partial charge is 0.166 e. The summed E-state index contributed by atoms with van der Waals surface area (Å²) in [6.45, 7) is 0. The van der Waals surface area contributed by atoms with Gasteiger partial charge < -0.3 is 0 Å². The molecule has 0 nitrogen and oxygen atoms in total. The molecule has 0 aromatic heterocycles. The van der Waals surface area contributed by atoms with Crippen molar-refractivity contribution < 1.29 is 26.3 Å². The van der Waals surface area contributed by atoms with E-state index < -0.39 is 31.5 Å². The van der Waals surface area contributed by atoms with E-state index in [1.54, 1.807) is 12.1 Å². The standard InChI is InChI=1S/C22H13Br3F6/c23-20(24,25)18-3-1-2-15(12-18)19(13-4-8-16(9-5-13)21(26,27)28)14-6-10-17(11-7-14)22(29,30)31/h1-12,19H. The average molecular weight is 631 g/mol. The van der Waals surface area contributed by atoms with Crippen molar-refractivity contribution in [1.82, 2.24) is 0 Å². The maximum absolute atomic E-state index is 13.0. The molecular weight excluding hydrogens is 618 g/mol. The summed E-state index contributed by atoms with van der Waals surface area (Å²) in [7, 11) is 0. The molecule has 0 N–H and O–H groups in total. The molecule has 0 heterocycles. The molecule has 0 aliphatic carbocycles. The van der Waals surface area contributed by atoms with Crippen molar-refractivity contribution in [3.05, 3.63) is 106 Å². The van der Waals surface area contributed by atoms with Gasteiger partial charge in [0.05, 0.1) is 11.1 Å². The highest BCUT2D eigenvalue weighted by Gasteiger charge is 2.32. The van der Waals surface area contributed by atoms with Crippen molar-refractivity contribution in [2.45, 2.75) is 20.4 Å². The fraction of sp³-hybridized carbons (Fsp3) is 0.182. The first-order chi connectivity index (χ1) is 14.3. The molecule has 164 valence electrons. The molecule has 0 saturated heterocycles. The van der Waals surface area contributed by atoms with E-state index >= 15 is 0 Å². The zero-order chi connectivity index (χ0) is 23.0. The zero-order valence-electron chi connectivity index (χ0n) is 15.4. The molecular formula is C22H13Br3F6. The lowest BCUT2D eigenvalue weighted by Gasteiger charge is -2.22. The van der Waals surface area contributed by atoms with Gasteiger partial charge in [-0.2, -0.15) is 26.3 Å². The molecule has 31 heavy (non-hydrogen) atoms. The van der Waals surface area contributed by atoms with E-state index in [-0.39, 0.29) is 0 Å². The van der Waals surface area contributed by atoms with E-state index in [1.807, 2.05) is 12.1 Å². The highest BCUT2D eigenvalue weighted by molar-refractivity contribution is 9.38. The number of benzene rings is 3. The van der Waals surface area contributed by atoms with Gasteiger partial charge in [-0.15, -0.1) is 0 Å². The van der Waals surface area contributed by atoms with Crippen LogP contribution < -0.4 is 0 Å². The summed E-state index contributed by atoms with van der Waals surface area (Å²) < 4.78 is 77.2. The summed E-state index contributed by atoms with van der Waals surface area (Å²) in [5.41, 5.74) is 0.935. The lowest BCUT2D eigenvalue weighted by molar-refractivity contribution is -0.138. The van der Waals surface area contributed by atoms with Gasteiger partial charge in [-0.1, -0.05) is 96.3 Å². The summed E-state index contributed by atoms with van der Waals surface area (Å²) in [6.07, 6.45) is -8.96. The summed E-state index contributed by atoms with van der Waals surface area (Å²) >= 11 is 10.3. The van der Waals surface area contributed by atoms with Crippen molar-refractivity contribution in [2.75, 3.05) is 0 Å². The molecule has 0 unspecified atom stereocenters. The first-order valence-electron chi connectivity index (χ1n) is 8.78. The minimum absolute atomic E-state index is 0.522. The van der Waals surface area contributed by atoms with Crippen LogP contribution >= 0.6 is 47.8 Å². The monoisotopic (exact) mass is 628 g/mol. The molecule has 0 bridgehead atoms. The SMILES string of the molecule is FC(F)(F)c1ccc(C(c2ccc(C(F)(F)F)cc2)c2cccc(C(Br)(Br)Br)c2)cc1. The predicted octanol–water partition coefficient (Wildman–Crippen LogP) is 9.20. The Bertz CT molecular complexity index is 976. The van der Waals surface area contributed by atoms with Gasteiger partial charge in [0.15, 0.2) is 2.14 Å². The maximum atomic E-state index is 13.0. The van der Waals surface area contributed by atoms with Crippen LogP contribution in [0, 0.1) is 0 Å². The average Bonchev–Trinajstić information content (AvgIpc) is 2.67. The first-order valence-corrected chi connectivity index (χ1v) is 11.2. The maximum Gasteiger partial charge on any atom is 0.416 e. The van der Waals surface area contributed by atoms with Crippen LogP contribution in [0.25, 0.3) is 0 Å². The van der Waals surface area contributed by atoms with Gasteiger partial charge in [-0.05, 0) is 46.5 Å². The predicted molar refractivity (Wildman–Crippen MR) is 119 cm³/mol. The molecule has 0 atom stereocenters. The lowest BCUT2D eigenvalue weighted by atomic mass is 9.84. The number of hydrogen-bond acceptors (Lipinski definition) is 0. The van der Waals surface area contributed by atoms with Gasteiger partial charge in [0, 0.05) is 5.92 Å². The third kappa shape index (κ3) is 5.93. The van der Waals surface area contributed by atoms with Gasteiger partial charge in [0.25, 0.3) is 0 Å². The van der Waals surface area contributed by atoms with E-state index in [4.69, 9.17) is 0 Å². The minimum atomic E-state index is -4.48. The second kappa shape index (κ2) is 8.90. The fourth-order valence-corrected chi connectivity index (χ4v) is 3.94. The summed E-state index contributed by atoms with van der Waals surface area (Å²) in [5.74, 6) is -0.570. The Morgan fingerprint density at radius 1 is 0.516 bits per heavy atom. The molecule has 0 aliphatic rings. The normalized spacial score (nSPS) is 13.0. The molecule has 0 saturated carbocycles. The van der Waals surface area contributed by atoms with Crippen molar-refractivity contribution in [3.63, 3.8) is 0 Å². The molecule has 0 fully saturated rings. The van der Waals surface area contributed by atoms with E-state index in [9.17, 15) is 26.3 Å². The van der Waals surface area contributed by atoms with Crippen molar-refractivity contribution in [3.8, 4) is 0 Å². The van der Waals surface area contributed by atoms with Crippen LogP contribution in [0.15, 0.2) is 72.8 Å². The second-order valence-electron chi connectivity index (χ2n) is 6.80. The Labute approximate surface area is 200 Å². The van der Waals surface area contributed by atoms with Crippen molar-refractivity contribution >= 4 is 47.8 Å². The molecule has 3 rings (SSSR count). The molecule has 9 heteroatoms. The van der Waals surface area contributed by atoms with Crippen LogP contribution in [0.1, 0.15) is 39.3 Å². The van der Waals surface area contributed by atoms with Crippen LogP contribution in [0.3, 0.4) is 0 Å². The topological polar surface area (TPSA) is 0 Å². The van der Waals surface area contributed by atoms with E-state index in [0.29, 0.717) is 16.7 Å². The number of halogens is 9. The van der Waals surface area contributed by atoms with Gasteiger partial charge in [0.1, 0.15) is 0 Å². The van der Waals surface area contributed by atoms with E-state index in [1.165, 1.54) is 24.3 Å². The third-order valence-electron chi connectivity index (χ3n) is 4.69. The van der Waals surface area contributed by atoms with Crippen LogP contribution in [-0.4, -0.2) is 0 Å². The van der Waals surface area contributed by atoms with Gasteiger partial charge in [-0.25, -0.2) is 0 Å². The summed E-state index contributed by atoms with van der Waals surface area (Å²) in [6, 6.07) is 16.5. The van der Waals surface area contributed by atoms with E-state index in [0.717, 1.165) is 29.8 Å². The number of hydrogen-bond donors (Lipinski definition) is 0. The van der Waals surface area contributed by atoms with Crippen molar-refractivity contribution in [1.29, 1.82) is 0 Å². The Hall–Kier alpha value is -1.32. The fourth-order valence-electron chi connectivity index (χ4n) is 3.20. The molecule has 0 aliphatic heterocycles. The first kappa shape index (κ1) is 24.3. The lowest BCUT2D eigenvalue weighted by Crippen LogP contribution is -2.09. The van der Waals surface area contributed by atoms with Crippen LogP contribution in [0.2, 0.25) is 0 Å². The Morgan fingerprint density at radius 3 is 1.29 bits per heavy atom. The number of rotatable bonds is 3. The molecule has 3 aromatic carbocycles. The summed E-state index contributed by atoms with van der Waals surface area (Å²) in [5, 5.41) is 0. The largest absolute Gasteiger partial charge is 0.416 e. The quantitative estimate of drug-likeness (QED) is 0.154. The highest BCUT2D eigenvalue weighted by Crippen LogP contribution is 2.46. The Morgan fingerprint density at radius 2 is 0.935 bits per heavy atom. The second-order valence-corrected chi connectivity index (χ2v) is 13.6. The van der Waals surface area contributed by atoms with Crippen molar-refractivity contribution in [2.24, 2.45) is 0 Å². The van der Waals surface area contributed by atoms with Gasteiger partial charge in [0.2, 0.25) is 0 Å². The van der Waals surface area contributed by atoms with E-state index in [2.05, 4.69) is 47.8 Å². The number of alkyl halides is 9. The minimum Gasteiger partial charge on any atom is -0.166 e. The molecule has 3 aromatic rings. The zero-order valence-corrected chi connectivity index (χ0v) is 20.2.